The highest BCUT2D eigenvalue weighted by Gasteiger charge is 2.11. The summed E-state index contributed by atoms with van der Waals surface area (Å²) in [5.41, 5.74) is 0.131. The van der Waals surface area contributed by atoms with Crippen molar-refractivity contribution in [1.82, 2.24) is 10.2 Å². The number of nitrogens with one attached hydrogen (secondary N) is 2. The molecule has 1 aromatic rings. The van der Waals surface area contributed by atoms with Gasteiger partial charge in [0.15, 0.2) is 11.6 Å². The molecule has 0 aromatic heterocycles. The fraction of sp³-hybridized carbons (Fsp3) is 0.385. The van der Waals surface area contributed by atoms with Crippen molar-refractivity contribution >= 4 is 17.6 Å². The highest BCUT2D eigenvalue weighted by Crippen LogP contribution is 2.12. The number of nitrogens with zero attached hydrogens (tertiary/aromatic N) is 1. The first kappa shape index (κ1) is 15.9. The Hall–Kier alpha value is -2.18. The van der Waals surface area contributed by atoms with E-state index in [-0.39, 0.29) is 18.3 Å². The van der Waals surface area contributed by atoms with Gasteiger partial charge in [0.05, 0.1) is 6.54 Å². The Morgan fingerprint density at radius 2 is 1.80 bits per heavy atom. The van der Waals surface area contributed by atoms with Gasteiger partial charge in [0.25, 0.3) is 0 Å². The Kier molecular flexibility index (Phi) is 5.89. The van der Waals surface area contributed by atoms with Gasteiger partial charge in [-0.2, -0.15) is 0 Å². The first-order chi connectivity index (χ1) is 9.47. The second-order valence-corrected chi connectivity index (χ2v) is 4.01. The number of benzene rings is 1. The molecule has 0 aliphatic rings. The molecule has 20 heavy (non-hydrogen) atoms. The third kappa shape index (κ3) is 4.49. The lowest BCUT2D eigenvalue weighted by atomic mass is 10.3. The third-order valence-corrected chi connectivity index (χ3v) is 2.65. The molecule has 3 amide bonds. The van der Waals surface area contributed by atoms with Crippen LogP contribution in [0.1, 0.15) is 13.8 Å². The number of amides is 3. The van der Waals surface area contributed by atoms with Crippen LogP contribution in [0.3, 0.4) is 0 Å². The second kappa shape index (κ2) is 7.42. The van der Waals surface area contributed by atoms with E-state index in [2.05, 4.69) is 10.6 Å². The molecule has 0 saturated heterocycles. The van der Waals surface area contributed by atoms with Crippen molar-refractivity contribution in [3.63, 3.8) is 0 Å². The number of anilines is 1. The molecule has 0 unspecified atom stereocenters. The van der Waals surface area contributed by atoms with E-state index in [9.17, 15) is 18.4 Å². The summed E-state index contributed by atoms with van der Waals surface area (Å²) in [6.45, 7) is 4.48. The zero-order valence-corrected chi connectivity index (χ0v) is 11.4. The highest BCUT2D eigenvalue weighted by molar-refractivity contribution is 5.94. The molecular weight excluding hydrogens is 268 g/mol. The van der Waals surface area contributed by atoms with Gasteiger partial charge in [0.2, 0.25) is 5.91 Å². The van der Waals surface area contributed by atoms with Gasteiger partial charge in [0.1, 0.15) is 0 Å². The predicted octanol–water partition coefficient (Wildman–Crippen LogP) is 1.95. The van der Waals surface area contributed by atoms with E-state index in [0.717, 1.165) is 12.1 Å². The zero-order chi connectivity index (χ0) is 15.1. The molecule has 1 rings (SSSR count). The molecule has 0 saturated carbocycles. The molecular formula is C13H17F2N3O2. The summed E-state index contributed by atoms with van der Waals surface area (Å²) >= 11 is 0. The van der Waals surface area contributed by atoms with Gasteiger partial charge < -0.3 is 15.5 Å². The SMILES string of the molecule is CCN(CC)C(=O)NCC(=O)Nc1ccc(F)c(F)c1. The van der Waals surface area contributed by atoms with E-state index in [0.29, 0.717) is 13.1 Å². The van der Waals surface area contributed by atoms with E-state index in [1.54, 1.807) is 0 Å². The van der Waals surface area contributed by atoms with E-state index in [4.69, 9.17) is 0 Å². The normalized spacial score (nSPS) is 10.0. The highest BCUT2D eigenvalue weighted by atomic mass is 19.2. The van der Waals surface area contributed by atoms with Crippen LogP contribution in [-0.2, 0) is 4.79 Å². The van der Waals surface area contributed by atoms with Gasteiger partial charge in [-0.1, -0.05) is 0 Å². The van der Waals surface area contributed by atoms with Gasteiger partial charge in [-0.3, -0.25) is 4.79 Å². The van der Waals surface area contributed by atoms with Crippen LogP contribution < -0.4 is 10.6 Å². The maximum Gasteiger partial charge on any atom is 0.317 e. The van der Waals surface area contributed by atoms with Crippen LogP contribution in [0.4, 0.5) is 19.3 Å². The summed E-state index contributed by atoms with van der Waals surface area (Å²) in [6, 6.07) is 2.68. The van der Waals surface area contributed by atoms with Gasteiger partial charge in [-0.25, -0.2) is 13.6 Å². The van der Waals surface area contributed by atoms with Crippen LogP contribution >= 0.6 is 0 Å². The fourth-order valence-electron chi connectivity index (χ4n) is 1.56. The van der Waals surface area contributed by atoms with Crippen molar-refractivity contribution in [1.29, 1.82) is 0 Å². The number of rotatable bonds is 5. The molecule has 5 nitrogen and oxygen atoms in total. The largest absolute Gasteiger partial charge is 0.329 e. The van der Waals surface area contributed by atoms with Crippen molar-refractivity contribution in [2.75, 3.05) is 25.0 Å². The molecule has 0 radical (unpaired) electrons. The van der Waals surface area contributed by atoms with E-state index < -0.39 is 17.5 Å². The average molecular weight is 285 g/mol. The van der Waals surface area contributed by atoms with Crippen molar-refractivity contribution in [2.45, 2.75) is 13.8 Å². The van der Waals surface area contributed by atoms with Crippen LogP contribution in [0.15, 0.2) is 18.2 Å². The second-order valence-electron chi connectivity index (χ2n) is 4.01. The van der Waals surface area contributed by atoms with E-state index in [1.807, 2.05) is 13.8 Å². The fourth-order valence-corrected chi connectivity index (χ4v) is 1.56. The van der Waals surface area contributed by atoms with Crippen molar-refractivity contribution < 1.29 is 18.4 Å². The lowest BCUT2D eigenvalue weighted by Crippen LogP contribution is -2.42. The van der Waals surface area contributed by atoms with Crippen molar-refractivity contribution in [2.24, 2.45) is 0 Å². The summed E-state index contributed by atoms with van der Waals surface area (Å²) in [7, 11) is 0. The third-order valence-electron chi connectivity index (χ3n) is 2.65. The minimum atomic E-state index is -1.05. The molecule has 0 aliphatic heterocycles. The zero-order valence-electron chi connectivity index (χ0n) is 11.4. The Labute approximate surface area is 115 Å². The number of carbonyl (C=O) groups excluding carboxylic acids is 2. The first-order valence-electron chi connectivity index (χ1n) is 6.25. The monoisotopic (exact) mass is 285 g/mol. The van der Waals surface area contributed by atoms with Crippen LogP contribution in [0, 0.1) is 11.6 Å². The van der Waals surface area contributed by atoms with Gasteiger partial charge in [-0.15, -0.1) is 0 Å². The summed E-state index contributed by atoms with van der Waals surface area (Å²) < 4.78 is 25.6. The number of urea groups is 1. The maximum absolute atomic E-state index is 12.9. The Morgan fingerprint density at radius 1 is 1.15 bits per heavy atom. The quantitative estimate of drug-likeness (QED) is 0.868. The first-order valence-corrected chi connectivity index (χ1v) is 6.25. The molecule has 110 valence electrons. The summed E-state index contributed by atoms with van der Waals surface area (Å²) in [5.74, 6) is -2.55. The average Bonchev–Trinajstić information content (AvgIpc) is 2.42. The molecule has 0 aliphatic carbocycles. The maximum atomic E-state index is 12.9. The summed E-state index contributed by atoms with van der Waals surface area (Å²) in [6.07, 6.45) is 0. The minimum absolute atomic E-state index is 0.131. The Bertz CT molecular complexity index is 491. The molecule has 1 aromatic carbocycles. The van der Waals surface area contributed by atoms with Crippen LogP contribution in [-0.4, -0.2) is 36.5 Å². The molecule has 7 heteroatoms. The summed E-state index contributed by atoms with van der Waals surface area (Å²) in [4.78, 5) is 24.7. The lowest BCUT2D eigenvalue weighted by Gasteiger charge is -2.18. The van der Waals surface area contributed by atoms with Crippen LogP contribution in [0.25, 0.3) is 0 Å². The molecule has 0 heterocycles. The lowest BCUT2D eigenvalue weighted by molar-refractivity contribution is -0.115. The van der Waals surface area contributed by atoms with Gasteiger partial charge in [0, 0.05) is 24.8 Å². The standard InChI is InChI=1S/C13H17F2N3O2/c1-3-18(4-2)13(20)16-8-12(19)17-9-5-6-10(14)11(15)7-9/h5-7H,3-4,8H2,1-2H3,(H,16,20)(H,17,19). The van der Waals surface area contributed by atoms with E-state index >= 15 is 0 Å². The molecule has 0 bridgehead atoms. The molecule has 0 spiro atoms. The summed E-state index contributed by atoms with van der Waals surface area (Å²) in [5, 5.41) is 4.80. The Morgan fingerprint density at radius 3 is 2.35 bits per heavy atom. The topological polar surface area (TPSA) is 61.4 Å². The molecule has 2 N–H and O–H groups in total. The number of halogens is 2. The number of hydrogen-bond donors (Lipinski definition) is 2. The van der Waals surface area contributed by atoms with E-state index in [1.165, 1.54) is 11.0 Å². The molecule has 0 fully saturated rings. The van der Waals surface area contributed by atoms with Gasteiger partial charge >= 0.3 is 6.03 Å². The van der Waals surface area contributed by atoms with Crippen LogP contribution in [0.5, 0.6) is 0 Å². The molecule has 0 atom stereocenters. The van der Waals surface area contributed by atoms with Crippen LogP contribution in [0.2, 0.25) is 0 Å². The van der Waals surface area contributed by atoms with Crippen molar-refractivity contribution in [3.8, 4) is 0 Å². The van der Waals surface area contributed by atoms with Crippen molar-refractivity contribution in [3.05, 3.63) is 29.8 Å². The Balaban J connectivity index is 2.47. The van der Waals surface area contributed by atoms with Gasteiger partial charge in [-0.05, 0) is 26.0 Å². The smallest absolute Gasteiger partial charge is 0.317 e. The minimum Gasteiger partial charge on any atom is -0.329 e. The number of carbonyl (C=O) groups is 2. The number of hydrogen-bond acceptors (Lipinski definition) is 2. The predicted molar refractivity (Wildman–Crippen MR) is 71.3 cm³/mol.